The van der Waals surface area contributed by atoms with Gasteiger partial charge in [0.1, 0.15) is 0 Å². The molecule has 1 aliphatic carbocycles. The second-order valence-electron chi connectivity index (χ2n) is 8.29. The molecule has 0 radical (unpaired) electrons. The number of aryl methyl sites for hydroxylation is 1. The Labute approximate surface area is 208 Å². The van der Waals surface area contributed by atoms with E-state index in [-0.39, 0.29) is 30.5 Å². The largest absolute Gasteiger partial charge is 0.370 e. The molecule has 0 aromatic heterocycles. The zero-order valence-corrected chi connectivity index (χ0v) is 21.6. The van der Waals surface area contributed by atoms with Gasteiger partial charge in [-0.3, -0.25) is 0 Å². The number of nitrogens with zero attached hydrogens (tertiary/aromatic N) is 3. The molecule has 0 bridgehead atoms. The van der Waals surface area contributed by atoms with Gasteiger partial charge in [-0.15, -0.1) is 24.0 Å². The quantitative estimate of drug-likeness (QED) is 0.328. The van der Waals surface area contributed by atoms with Crippen LogP contribution in [0.1, 0.15) is 29.5 Å². The number of rotatable bonds is 5. The zero-order chi connectivity index (χ0) is 21.8. The molecule has 9 heteroatoms. The number of nitrogens with two attached hydrogens (primary N) is 1. The van der Waals surface area contributed by atoms with E-state index in [0.29, 0.717) is 29.5 Å². The highest BCUT2D eigenvalue weighted by molar-refractivity contribution is 14.0. The highest BCUT2D eigenvalue weighted by Gasteiger charge is 2.29. The molecule has 1 aliphatic heterocycles. The number of guanidine groups is 1. The van der Waals surface area contributed by atoms with Crippen molar-refractivity contribution in [1.29, 1.82) is 0 Å². The van der Waals surface area contributed by atoms with Gasteiger partial charge in [0.25, 0.3) is 0 Å². The monoisotopic (exact) mass is 569 g/mol. The van der Waals surface area contributed by atoms with Crippen LogP contribution in [0.3, 0.4) is 0 Å². The third-order valence-corrected chi connectivity index (χ3v) is 8.13. The Balaban J connectivity index is 0.00000289. The van der Waals surface area contributed by atoms with E-state index in [1.54, 1.807) is 16.4 Å². The third-order valence-electron chi connectivity index (χ3n) is 6.13. The summed E-state index contributed by atoms with van der Waals surface area (Å²) in [6.07, 6.45) is 4.54. The topological polar surface area (TPSA) is 91.0 Å². The van der Waals surface area contributed by atoms with Crippen LogP contribution in [0.15, 0.2) is 52.4 Å². The minimum Gasteiger partial charge on any atom is -0.370 e. The lowest BCUT2D eigenvalue weighted by Crippen LogP contribution is -2.47. The standard InChI is InChI=1S/C23H31N5O2S.HI/c1-27-13-15-28(16-14-27)31(29,30)22-12-5-3-8-19(22)17-25-23(24)26-21-11-6-9-18-7-2-4-10-20(18)21;/h3,5-6,8-9,11-12H,2,4,7,10,13-17H2,1H3,(H3,24,25,26);1H. The highest BCUT2D eigenvalue weighted by Crippen LogP contribution is 2.28. The SMILES string of the molecule is CN1CCN(S(=O)(=O)c2ccccc2CN=C(N)Nc2cccc3c2CCCC3)CC1.I. The molecule has 174 valence electrons. The maximum Gasteiger partial charge on any atom is 0.243 e. The Kier molecular flexibility index (Phi) is 8.54. The summed E-state index contributed by atoms with van der Waals surface area (Å²) in [5.74, 6) is 0.297. The molecule has 0 saturated carbocycles. The van der Waals surface area contributed by atoms with E-state index in [1.165, 1.54) is 24.0 Å². The number of anilines is 1. The molecule has 7 nitrogen and oxygen atoms in total. The molecule has 0 unspecified atom stereocenters. The second kappa shape index (κ2) is 11.0. The molecule has 4 rings (SSSR count). The van der Waals surface area contributed by atoms with Crippen molar-refractivity contribution in [3.63, 3.8) is 0 Å². The van der Waals surface area contributed by atoms with Crippen molar-refractivity contribution in [3.8, 4) is 0 Å². The van der Waals surface area contributed by atoms with E-state index in [1.807, 2.05) is 31.3 Å². The fraction of sp³-hybridized carbons (Fsp3) is 0.435. The van der Waals surface area contributed by atoms with E-state index >= 15 is 0 Å². The van der Waals surface area contributed by atoms with Gasteiger partial charge in [0.05, 0.1) is 11.4 Å². The number of aliphatic imine (C=N–C) groups is 1. The molecule has 0 amide bonds. The predicted molar refractivity (Wildman–Crippen MR) is 140 cm³/mol. The molecule has 2 aromatic carbocycles. The van der Waals surface area contributed by atoms with E-state index in [2.05, 4.69) is 21.3 Å². The lowest BCUT2D eigenvalue weighted by molar-refractivity contribution is 0.222. The smallest absolute Gasteiger partial charge is 0.243 e. The number of hydrogen-bond donors (Lipinski definition) is 2. The molecule has 32 heavy (non-hydrogen) atoms. The Bertz CT molecular complexity index is 1070. The number of halogens is 1. The molecule has 1 heterocycles. The average Bonchev–Trinajstić information content (AvgIpc) is 2.78. The number of hydrogen-bond acceptors (Lipinski definition) is 4. The fourth-order valence-corrected chi connectivity index (χ4v) is 5.94. The van der Waals surface area contributed by atoms with Crippen LogP contribution in [0.2, 0.25) is 0 Å². The van der Waals surface area contributed by atoms with Crippen molar-refractivity contribution in [2.75, 3.05) is 38.5 Å². The maximum absolute atomic E-state index is 13.2. The van der Waals surface area contributed by atoms with Crippen molar-refractivity contribution in [1.82, 2.24) is 9.21 Å². The van der Waals surface area contributed by atoms with Crippen molar-refractivity contribution < 1.29 is 8.42 Å². The van der Waals surface area contributed by atoms with Crippen molar-refractivity contribution in [3.05, 3.63) is 59.2 Å². The first-order valence-corrected chi connectivity index (χ1v) is 12.3. The number of fused-ring (bicyclic) bond motifs is 1. The lowest BCUT2D eigenvalue weighted by Gasteiger charge is -2.32. The summed E-state index contributed by atoms with van der Waals surface area (Å²) in [5.41, 5.74) is 10.5. The summed E-state index contributed by atoms with van der Waals surface area (Å²) in [7, 11) is -1.55. The summed E-state index contributed by atoms with van der Waals surface area (Å²) in [6, 6.07) is 13.3. The third kappa shape index (κ3) is 5.62. The van der Waals surface area contributed by atoms with Crippen LogP contribution in [-0.4, -0.2) is 56.8 Å². The van der Waals surface area contributed by atoms with E-state index in [9.17, 15) is 8.42 Å². The molecule has 1 fully saturated rings. The van der Waals surface area contributed by atoms with Gasteiger partial charge in [0.15, 0.2) is 5.96 Å². The first kappa shape index (κ1) is 24.9. The minimum absolute atomic E-state index is 0. The van der Waals surface area contributed by atoms with Crippen molar-refractivity contribution in [2.45, 2.75) is 37.1 Å². The summed E-state index contributed by atoms with van der Waals surface area (Å²) < 4.78 is 28.0. The Hall–Kier alpha value is -1.69. The van der Waals surface area contributed by atoms with Crippen LogP contribution in [0.4, 0.5) is 5.69 Å². The summed E-state index contributed by atoms with van der Waals surface area (Å²) in [6.45, 7) is 2.67. The van der Waals surface area contributed by atoms with Crippen LogP contribution in [0, 0.1) is 0 Å². The van der Waals surface area contributed by atoms with E-state index < -0.39 is 10.0 Å². The summed E-state index contributed by atoms with van der Waals surface area (Å²) >= 11 is 0. The lowest BCUT2D eigenvalue weighted by atomic mass is 9.90. The molecular formula is C23H32IN5O2S. The molecule has 3 N–H and O–H groups in total. The molecule has 0 atom stereocenters. The Morgan fingerprint density at radius 1 is 1.03 bits per heavy atom. The number of nitrogens with one attached hydrogen (secondary N) is 1. The normalized spacial score (nSPS) is 18.0. The van der Waals surface area contributed by atoms with Gasteiger partial charge in [-0.1, -0.05) is 30.3 Å². The Morgan fingerprint density at radius 2 is 1.75 bits per heavy atom. The molecule has 0 spiro atoms. The zero-order valence-electron chi connectivity index (χ0n) is 18.5. The number of likely N-dealkylation sites (N-methyl/N-ethyl adjacent to an activating group) is 1. The minimum atomic E-state index is -3.56. The van der Waals surface area contributed by atoms with Crippen LogP contribution in [0.25, 0.3) is 0 Å². The van der Waals surface area contributed by atoms with Gasteiger partial charge in [-0.05, 0) is 61.6 Å². The van der Waals surface area contributed by atoms with Crippen LogP contribution >= 0.6 is 24.0 Å². The van der Waals surface area contributed by atoms with Crippen molar-refractivity contribution in [2.24, 2.45) is 10.7 Å². The van der Waals surface area contributed by atoms with Gasteiger partial charge in [0.2, 0.25) is 10.0 Å². The van der Waals surface area contributed by atoms with Gasteiger partial charge in [-0.25, -0.2) is 13.4 Å². The van der Waals surface area contributed by atoms with E-state index in [0.717, 1.165) is 31.6 Å². The van der Waals surface area contributed by atoms with E-state index in [4.69, 9.17) is 5.73 Å². The van der Waals surface area contributed by atoms with Gasteiger partial charge < -0.3 is 16.0 Å². The van der Waals surface area contributed by atoms with Gasteiger partial charge in [0, 0.05) is 31.9 Å². The van der Waals surface area contributed by atoms with Crippen molar-refractivity contribution >= 4 is 45.6 Å². The van der Waals surface area contributed by atoms with Crippen LogP contribution < -0.4 is 11.1 Å². The maximum atomic E-state index is 13.2. The predicted octanol–water partition coefficient (Wildman–Crippen LogP) is 3.05. The first-order valence-electron chi connectivity index (χ1n) is 10.9. The molecular weight excluding hydrogens is 537 g/mol. The molecule has 2 aromatic rings. The second-order valence-corrected chi connectivity index (χ2v) is 10.2. The molecule has 1 saturated heterocycles. The van der Waals surface area contributed by atoms with Gasteiger partial charge >= 0.3 is 0 Å². The van der Waals surface area contributed by atoms with Crippen LogP contribution in [-0.2, 0) is 29.4 Å². The summed E-state index contributed by atoms with van der Waals surface area (Å²) in [5, 5.41) is 3.23. The first-order chi connectivity index (χ1) is 14.9. The van der Waals surface area contributed by atoms with Crippen LogP contribution in [0.5, 0.6) is 0 Å². The number of piperazine rings is 1. The molecule has 2 aliphatic rings. The highest BCUT2D eigenvalue weighted by atomic mass is 127. The Morgan fingerprint density at radius 3 is 2.53 bits per heavy atom. The number of benzene rings is 2. The summed E-state index contributed by atoms with van der Waals surface area (Å²) in [4.78, 5) is 6.91. The fourth-order valence-electron chi connectivity index (χ4n) is 4.30. The van der Waals surface area contributed by atoms with Gasteiger partial charge in [-0.2, -0.15) is 4.31 Å². The number of sulfonamides is 1. The average molecular weight is 570 g/mol.